The van der Waals surface area contributed by atoms with Crippen molar-refractivity contribution in [3.05, 3.63) is 11.6 Å². The fraction of sp³-hybridized carbons (Fsp3) is 0.818. The highest BCUT2D eigenvalue weighted by molar-refractivity contribution is 6.08. The summed E-state index contributed by atoms with van der Waals surface area (Å²) in [4.78, 5) is 0. The summed E-state index contributed by atoms with van der Waals surface area (Å²) in [5, 5.41) is 0. The molecule has 0 aliphatic carbocycles. The average molecular weight is 164 g/mol. The molecule has 0 heterocycles. The monoisotopic (exact) mass is 164 g/mol. The molecule has 12 heavy (non-hydrogen) atoms. The van der Waals surface area contributed by atoms with Gasteiger partial charge in [0.2, 0.25) is 0 Å². The summed E-state index contributed by atoms with van der Waals surface area (Å²) in [5.41, 5.74) is 1.62. The van der Waals surface area contributed by atoms with E-state index in [1.807, 2.05) is 0 Å². The summed E-state index contributed by atoms with van der Waals surface area (Å²) in [6.07, 6.45) is 10.7. The molecule has 0 aromatic heterocycles. The van der Waals surface area contributed by atoms with E-state index in [0.29, 0.717) is 0 Å². The first kappa shape index (κ1) is 11.8. The lowest BCUT2D eigenvalue weighted by molar-refractivity contribution is 0.788. The molecule has 0 nitrogen and oxygen atoms in total. The lowest BCUT2D eigenvalue weighted by Crippen LogP contribution is -1.81. The van der Waals surface area contributed by atoms with Gasteiger partial charge in [-0.1, -0.05) is 51.1 Å². The fourth-order valence-electron chi connectivity index (χ4n) is 1.34. The minimum absolute atomic E-state index is 0.836. The third kappa shape index (κ3) is 6.51. The number of unbranched alkanes of at least 4 members (excludes halogenated alkanes) is 2. The van der Waals surface area contributed by atoms with Crippen LogP contribution >= 0.6 is 0 Å². The zero-order chi connectivity index (χ0) is 9.23. The summed E-state index contributed by atoms with van der Waals surface area (Å²) in [6.45, 7) is 4.48. The highest BCUT2D eigenvalue weighted by atomic mass is 14.0. The van der Waals surface area contributed by atoms with Gasteiger partial charge in [0.15, 0.2) is 0 Å². The van der Waals surface area contributed by atoms with Crippen molar-refractivity contribution in [2.24, 2.45) is 0 Å². The highest BCUT2D eigenvalue weighted by Crippen LogP contribution is 2.11. The molecule has 0 rings (SSSR count). The quantitative estimate of drug-likeness (QED) is 0.304. The van der Waals surface area contributed by atoms with Crippen LogP contribution in [0.5, 0.6) is 0 Å². The smallest absolute Gasteiger partial charge is 0.0653 e. The van der Waals surface area contributed by atoms with Crippen LogP contribution in [-0.4, -0.2) is 7.85 Å². The van der Waals surface area contributed by atoms with Crippen LogP contribution in [0.3, 0.4) is 0 Å². The van der Waals surface area contributed by atoms with Gasteiger partial charge >= 0.3 is 0 Å². The third-order valence-corrected chi connectivity index (χ3v) is 2.12. The topological polar surface area (TPSA) is 0 Å². The van der Waals surface area contributed by atoms with E-state index >= 15 is 0 Å². The number of hydrogen-bond acceptors (Lipinski definition) is 0. The Labute approximate surface area is 78.9 Å². The lowest BCUT2D eigenvalue weighted by atomic mass is 9.98. The first-order valence-electron chi connectivity index (χ1n) is 5.23. The van der Waals surface area contributed by atoms with Gasteiger partial charge in [-0.25, -0.2) is 0 Å². The first-order valence-corrected chi connectivity index (χ1v) is 5.23. The predicted molar refractivity (Wildman–Crippen MR) is 57.7 cm³/mol. The maximum atomic E-state index is 5.42. The van der Waals surface area contributed by atoms with E-state index in [-0.39, 0.29) is 0 Å². The second kappa shape index (κ2) is 8.90. The highest BCUT2D eigenvalue weighted by Gasteiger charge is 1.91. The molecule has 0 aromatic rings. The van der Waals surface area contributed by atoms with E-state index in [2.05, 4.69) is 19.9 Å². The van der Waals surface area contributed by atoms with Gasteiger partial charge in [0.1, 0.15) is 0 Å². The van der Waals surface area contributed by atoms with Gasteiger partial charge in [-0.2, -0.15) is 0 Å². The standard InChI is InChI=1S/C11H21B/c1-3-8-11(4-2)9-6-5-7-10-12/h9H,3-8,10H2,1-2H3. The van der Waals surface area contributed by atoms with Gasteiger partial charge in [-0.3, -0.25) is 0 Å². The first-order chi connectivity index (χ1) is 5.85. The summed E-state index contributed by atoms with van der Waals surface area (Å²) in [6, 6.07) is 0. The van der Waals surface area contributed by atoms with Crippen molar-refractivity contribution in [2.75, 3.05) is 0 Å². The van der Waals surface area contributed by atoms with E-state index in [4.69, 9.17) is 7.85 Å². The van der Waals surface area contributed by atoms with E-state index < -0.39 is 0 Å². The molecule has 0 fully saturated rings. The molecule has 0 amide bonds. The number of hydrogen-bond donors (Lipinski definition) is 0. The molecule has 0 spiro atoms. The van der Waals surface area contributed by atoms with Gasteiger partial charge in [-0.05, 0) is 19.3 Å². The zero-order valence-corrected chi connectivity index (χ0v) is 8.60. The molecule has 0 aromatic carbocycles. The van der Waals surface area contributed by atoms with E-state index in [1.54, 1.807) is 5.57 Å². The van der Waals surface area contributed by atoms with Crippen LogP contribution in [-0.2, 0) is 0 Å². The minimum atomic E-state index is 0.836. The maximum absolute atomic E-state index is 5.42. The van der Waals surface area contributed by atoms with E-state index in [1.165, 1.54) is 38.5 Å². The molecule has 0 aliphatic rings. The second-order valence-electron chi connectivity index (χ2n) is 3.25. The Morgan fingerprint density at radius 1 is 1.25 bits per heavy atom. The zero-order valence-electron chi connectivity index (χ0n) is 8.60. The molecule has 0 unspecified atom stereocenters. The van der Waals surface area contributed by atoms with Crippen LogP contribution in [0.15, 0.2) is 11.6 Å². The molecule has 0 bridgehead atoms. The minimum Gasteiger partial charge on any atom is -0.0887 e. The molecule has 0 saturated carbocycles. The molecular formula is C11H21B. The van der Waals surface area contributed by atoms with Crippen molar-refractivity contribution in [2.45, 2.75) is 58.7 Å². The molecular weight excluding hydrogens is 143 g/mol. The largest absolute Gasteiger partial charge is 0.0887 e. The third-order valence-electron chi connectivity index (χ3n) is 2.12. The van der Waals surface area contributed by atoms with Crippen LogP contribution in [0.25, 0.3) is 0 Å². The van der Waals surface area contributed by atoms with Crippen molar-refractivity contribution >= 4 is 7.85 Å². The Kier molecular flexibility index (Phi) is 8.75. The van der Waals surface area contributed by atoms with E-state index in [9.17, 15) is 0 Å². The Bertz CT molecular complexity index is 116. The Morgan fingerprint density at radius 2 is 2.00 bits per heavy atom. The molecule has 1 heteroatoms. The molecule has 2 radical (unpaired) electrons. The van der Waals surface area contributed by atoms with Crippen LogP contribution in [0.4, 0.5) is 0 Å². The molecule has 0 aliphatic heterocycles. The lowest BCUT2D eigenvalue weighted by Gasteiger charge is -2.01. The molecule has 0 atom stereocenters. The predicted octanol–water partition coefficient (Wildman–Crippen LogP) is 3.88. The van der Waals surface area contributed by atoms with Crippen molar-refractivity contribution in [1.82, 2.24) is 0 Å². The fourth-order valence-corrected chi connectivity index (χ4v) is 1.34. The van der Waals surface area contributed by atoms with Gasteiger partial charge in [0, 0.05) is 0 Å². The number of allylic oxidation sites excluding steroid dienone is 2. The van der Waals surface area contributed by atoms with Crippen molar-refractivity contribution in [3.8, 4) is 0 Å². The molecule has 0 N–H and O–H groups in total. The number of rotatable bonds is 7. The van der Waals surface area contributed by atoms with Gasteiger partial charge in [0.25, 0.3) is 0 Å². The van der Waals surface area contributed by atoms with Crippen LogP contribution in [0.2, 0.25) is 6.32 Å². The Hall–Kier alpha value is -0.195. The normalized spacial score (nSPS) is 12.0. The average Bonchev–Trinajstić information content (AvgIpc) is 2.10. The van der Waals surface area contributed by atoms with Crippen molar-refractivity contribution in [1.29, 1.82) is 0 Å². The molecule has 68 valence electrons. The van der Waals surface area contributed by atoms with Crippen LogP contribution < -0.4 is 0 Å². The van der Waals surface area contributed by atoms with Gasteiger partial charge < -0.3 is 0 Å². The Morgan fingerprint density at radius 3 is 2.50 bits per heavy atom. The summed E-state index contributed by atoms with van der Waals surface area (Å²) >= 11 is 0. The van der Waals surface area contributed by atoms with E-state index in [0.717, 1.165) is 6.32 Å². The van der Waals surface area contributed by atoms with Crippen LogP contribution in [0, 0.1) is 0 Å². The van der Waals surface area contributed by atoms with Gasteiger partial charge in [-0.15, -0.1) is 0 Å². The SMILES string of the molecule is [B]CCCCC=C(CC)CCC. The summed E-state index contributed by atoms with van der Waals surface area (Å²) in [5.74, 6) is 0. The maximum Gasteiger partial charge on any atom is 0.0653 e. The summed E-state index contributed by atoms with van der Waals surface area (Å²) < 4.78 is 0. The van der Waals surface area contributed by atoms with Crippen molar-refractivity contribution < 1.29 is 0 Å². The summed E-state index contributed by atoms with van der Waals surface area (Å²) in [7, 11) is 5.42. The van der Waals surface area contributed by atoms with Gasteiger partial charge in [0.05, 0.1) is 7.85 Å². The molecule has 0 saturated heterocycles. The van der Waals surface area contributed by atoms with Crippen molar-refractivity contribution in [3.63, 3.8) is 0 Å². The second-order valence-corrected chi connectivity index (χ2v) is 3.25. The Balaban J connectivity index is 3.48. The van der Waals surface area contributed by atoms with Crippen LogP contribution in [0.1, 0.15) is 52.4 Å².